The SMILES string of the molecule is c1ccc(COCCC(CCCSCCCC(CCOCc2ccccc2)C2CCCO2)C2CCCO2)cc1. The summed E-state index contributed by atoms with van der Waals surface area (Å²) in [7, 11) is 0. The van der Waals surface area contributed by atoms with Crippen LogP contribution in [0.4, 0.5) is 0 Å². The van der Waals surface area contributed by atoms with Crippen LogP contribution in [-0.2, 0) is 32.2 Å². The van der Waals surface area contributed by atoms with E-state index in [0.717, 1.165) is 39.3 Å². The molecule has 216 valence electrons. The highest BCUT2D eigenvalue weighted by Gasteiger charge is 2.26. The van der Waals surface area contributed by atoms with Gasteiger partial charge in [-0.1, -0.05) is 60.7 Å². The van der Waals surface area contributed by atoms with Crippen molar-refractivity contribution in [3.63, 3.8) is 0 Å². The third-order valence-electron chi connectivity index (χ3n) is 8.20. The van der Waals surface area contributed by atoms with Gasteiger partial charge in [0, 0.05) is 26.4 Å². The highest BCUT2D eigenvalue weighted by atomic mass is 32.2. The highest BCUT2D eigenvalue weighted by molar-refractivity contribution is 7.99. The maximum absolute atomic E-state index is 6.08. The van der Waals surface area contributed by atoms with Crippen molar-refractivity contribution < 1.29 is 18.9 Å². The summed E-state index contributed by atoms with van der Waals surface area (Å²) in [4.78, 5) is 0. The van der Waals surface area contributed by atoms with E-state index in [1.165, 1.54) is 74.0 Å². The normalized spacial score (nSPS) is 20.8. The number of rotatable bonds is 20. The van der Waals surface area contributed by atoms with E-state index >= 15 is 0 Å². The van der Waals surface area contributed by atoms with Crippen LogP contribution in [0.3, 0.4) is 0 Å². The molecule has 2 aliphatic rings. The molecule has 0 aliphatic carbocycles. The summed E-state index contributed by atoms with van der Waals surface area (Å²) in [5.74, 6) is 3.75. The van der Waals surface area contributed by atoms with Gasteiger partial charge in [-0.15, -0.1) is 0 Å². The van der Waals surface area contributed by atoms with E-state index in [9.17, 15) is 0 Å². The molecule has 39 heavy (non-hydrogen) atoms. The maximum Gasteiger partial charge on any atom is 0.0716 e. The van der Waals surface area contributed by atoms with Gasteiger partial charge < -0.3 is 18.9 Å². The zero-order valence-electron chi connectivity index (χ0n) is 23.9. The van der Waals surface area contributed by atoms with E-state index < -0.39 is 0 Å². The Bertz CT molecular complexity index is 781. The number of hydrogen-bond donors (Lipinski definition) is 0. The molecule has 0 bridgehead atoms. The molecule has 5 heteroatoms. The van der Waals surface area contributed by atoms with Crippen LogP contribution in [0.15, 0.2) is 60.7 Å². The molecule has 2 saturated heterocycles. The molecule has 4 unspecified atom stereocenters. The van der Waals surface area contributed by atoms with Gasteiger partial charge in [0.1, 0.15) is 0 Å². The van der Waals surface area contributed by atoms with Crippen molar-refractivity contribution >= 4 is 11.8 Å². The van der Waals surface area contributed by atoms with Gasteiger partial charge >= 0.3 is 0 Å². The Balaban J connectivity index is 1.07. The Kier molecular flexibility index (Phi) is 14.8. The van der Waals surface area contributed by atoms with Crippen LogP contribution >= 0.6 is 11.8 Å². The summed E-state index contributed by atoms with van der Waals surface area (Å²) in [5, 5.41) is 0. The minimum absolute atomic E-state index is 0.437. The lowest BCUT2D eigenvalue weighted by Gasteiger charge is -2.23. The molecule has 0 amide bonds. The molecule has 2 heterocycles. The molecule has 4 atom stereocenters. The van der Waals surface area contributed by atoms with Crippen molar-refractivity contribution in [2.24, 2.45) is 11.8 Å². The van der Waals surface area contributed by atoms with Gasteiger partial charge in [0.2, 0.25) is 0 Å². The summed E-state index contributed by atoms with van der Waals surface area (Å²) in [6.45, 7) is 4.94. The molecular formula is C34H50O4S. The summed E-state index contributed by atoms with van der Waals surface area (Å²) in [5.41, 5.74) is 2.51. The first-order chi connectivity index (χ1) is 19.4. The topological polar surface area (TPSA) is 36.9 Å². The first-order valence-corrected chi connectivity index (χ1v) is 16.6. The molecule has 0 radical (unpaired) electrons. The van der Waals surface area contributed by atoms with Crippen LogP contribution in [-0.4, -0.2) is 50.1 Å². The fourth-order valence-electron chi connectivity index (χ4n) is 5.98. The summed E-state index contributed by atoms with van der Waals surface area (Å²) in [6.07, 6.45) is 13.0. The Morgan fingerprint density at radius 1 is 0.641 bits per heavy atom. The van der Waals surface area contributed by atoms with Gasteiger partial charge in [0.05, 0.1) is 25.4 Å². The van der Waals surface area contributed by atoms with Crippen molar-refractivity contribution in [3.8, 4) is 0 Å². The average Bonchev–Trinajstić information content (AvgIpc) is 3.71. The van der Waals surface area contributed by atoms with Crippen molar-refractivity contribution in [3.05, 3.63) is 71.8 Å². The number of hydrogen-bond acceptors (Lipinski definition) is 5. The van der Waals surface area contributed by atoms with Crippen LogP contribution in [0.2, 0.25) is 0 Å². The van der Waals surface area contributed by atoms with Crippen LogP contribution in [0.1, 0.15) is 75.3 Å². The monoisotopic (exact) mass is 554 g/mol. The van der Waals surface area contributed by atoms with Crippen molar-refractivity contribution in [1.82, 2.24) is 0 Å². The van der Waals surface area contributed by atoms with Crippen LogP contribution in [0.5, 0.6) is 0 Å². The summed E-state index contributed by atoms with van der Waals surface area (Å²) < 4.78 is 24.2. The molecule has 2 aromatic rings. The van der Waals surface area contributed by atoms with Gasteiger partial charge in [-0.2, -0.15) is 11.8 Å². The van der Waals surface area contributed by atoms with Gasteiger partial charge in [-0.3, -0.25) is 0 Å². The molecule has 4 nitrogen and oxygen atoms in total. The fraction of sp³-hybridized carbons (Fsp3) is 0.647. The van der Waals surface area contributed by atoms with Crippen molar-refractivity contribution in [1.29, 1.82) is 0 Å². The smallest absolute Gasteiger partial charge is 0.0716 e. The lowest BCUT2D eigenvalue weighted by atomic mass is 9.92. The van der Waals surface area contributed by atoms with Crippen molar-refractivity contribution in [2.45, 2.75) is 89.6 Å². The minimum atomic E-state index is 0.437. The summed E-state index contributed by atoms with van der Waals surface area (Å²) >= 11 is 2.13. The minimum Gasteiger partial charge on any atom is -0.378 e. The lowest BCUT2D eigenvalue weighted by Crippen LogP contribution is -2.22. The van der Waals surface area contributed by atoms with E-state index in [1.54, 1.807) is 0 Å². The van der Waals surface area contributed by atoms with Gasteiger partial charge in [0.15, 0.2) is 0 Å². The summed E-state index contributed by atoms with van der Waals surface area (Å²) in [6, 6.07) is 21.0. The molecule has 0 N–H and O–H groups in total. The Morgan fingerprint density at radius 2 is 1.10 bits per heavy atom. The Labute approximate surface area is 241 Å². The second kappa shape index (κ2) is 18.9. The number of ether oxygens (including phenoxy) is 4. The van der Waals surface area contributed by atoms with Gasteiger partial charge in [-0.25, -0.2) is 0 Å². The van der Waals surface area contributed by atoms with Gasteiger partial charge in [0.25, 0.3) is 0 Å². The molecule has 4 rings (SSSR count). The molecule has 0 spiro atoms. The third-order valence-corrected chi connectivity index (χ3v) is 9.35. The van der Waals surface area contributed by atoms with E-state index in [2.05, 4.69) is 72.4 Å². The van der Waals surface area contributed by atoms with Crippen LogP contribution in [0.25, 0.3) is 0 Å². The fourth-order valence-corrected chi connectivity index (χ4v) is 6.92. The van der Waals surface area contributed by atoms with E-state index in [4.69, 9.17) is 18.9 Å². The first kappa shape index (κ1) is 30.6. The van der Waals surface area contributed by atoms with E-state index in [0.29, 0.717) is 37.3 Å². The number of thioether (sulfide) groups is 1. The predicted molar refractivity (Wildman–Crippen MR) is 162 cm³/mol. The second-order valence-corrected chi connectivity index (χ2v) is 12.4. The van der Waals surface area contributed by atoms with E-state index in [1.807, 2.05) is 0 Å². The molecule has 2 aromatic carbocycles. The molecule has 2 fully saturated rings. The van der Waals surface area contributed by atoms with Crippen LogP contribution < -0.4 is 0 Å². The number of benzene rings is 2. The quantitative estimate of drug-likeness (QED) is 0.155. The third kappa shape index (κ3) is 11.9. The predicted octanol–water partition coefficient (Wildman–Crippen LogP) is 8.08. The molecule has 2 aliphatic heterocycles. The lowest BCUT2D eigenvalue weighted by molar-refractivity contribution is 0.0336. The average molecular weight is 555 g/mol. The first-order valence-electron chi connectivity index (χ1n) is 15.4. The van der Waals surface area contributed by atoms with Crippen molar-refractivity contribution in [2.75, 3.05) is 37.9 Å². The largest absolute Gasteiger partial charge is 0.378 e. The second-order valence-electron chi connectivity index (χ2n) is 11.2. The Morgan fingerprint density at radius 3 is 1.51 bits per heavy atom. The zero-order chi connectivity index (χ0) is 26.8. The molecule has 0 aromatic heterocycles. The van der Waals surface area contributed by atoms with E-state index in [-0.39, 0.29) is 0 Å². The standard InChI is InChI=1S/C34H50O4S/c1-3-11-29(12-4-1)27-35-23-19-31(33-17-7-21-37-33)15-9-25-39-26-10-16-32(34-18-8-22-38-34)20-24-36-28-30-13-5-2-6-14-30/h1-6,11-14,31-34H,7-10,15-28H2. The Hall–Kier alpha value is -1.37. The maximum atomic E-state index is 6.08. The van der Waals surface area contributed by atoms with Crippen LogP contribution in [0, 0.1) is 11.8 Å². The molecule has 0 saturated carbocycles. The molecular weight excluding hydrogens is 504 g/mol. The zero-order valence-corrected chi connectivity index (χ0v) is 24.7. The highest BCUT2D eigenvalue weighted by Crippen LogP contribution is 2.29. The van der Waals surface area contributed by atoms with Gasteiger partial charge in [-0.05, 0) is 98.7 Å².